The molecule has 1 aliphatic carbocycles. The molecule has 6 heteroatoms. The number of carbonyl (C=O) groups is 1. The lowest BCUT2D eigenvalue weighted by Crippen LogP contribution is -2.26. The number of thiophene rings is 1. The van der Waals surface area contributed by atoms with Crippen LogP contribution in [0.4, 0.5) is 11.4 Å². The summed E-state index contributed by atoms with van der Waals surface area (Å²) in [6, 6.07) is 17.0. The Morgan fingerprint density at radius 1 is 1.03 bits per heavy atom. The van der Waals surface area contributed by atoms with Crippen molar-refractivity contribution in [2.75, 3.05) is 17.7 Å². The zero-order chi connectivity index (χ0) is 20.7. The lowest BCUT2D eigenvalue weighted by molar-refractivity contribution is -0.116. The van der Waals surface area contributed by atoms with Gasteiger partial charge >= 0.3 is 0 Å². The molecule has 2 heterocycles. The monoisotopic (exact) mass is 418 g/mol. The molecule has 3 N–H and O–H groups in total. The molecule has 0 spiro atoms. The van der Waals surface area contributed by atoms with Gasteiger partial charge in [0.1, 0.15) is 0 Å². The second-order valence-corrected chi connectivity index (χ2v) is 8.56. The molecule has 0 saturated carbocycles. The third-order valence-electron chi connectivity index (χ3n) is 5.82. The van der Waals surface area contributed by atoms with Gasteiger partial charge in [-0.3, -0.25) is 4.79 Å². The molecule has 30 heavy (non-hydrogen) atoms. The largest absolute Gasteiger partial charge is 0.504 e. The number of ketones is 1. The fourth-order valence-electron chi connectivity index (χ4n) is 4.39. The number of rotatable bonds is 3. The van der Waals surface area contributed by atoms with Crippen LogP contribution in [0.3, 0.4) is 0 Å². The van der Waals surface area contributed by atoms with Gasteiger partial charge < -0.3 is 20.5 Å². The Hall–Kier alpha value is -3.25. The molecule has 1 aliphatic heterocycles. The van der Waals surface area contributed by atoms with Gasteiger partial charge in [0.05, 0.1) is 24.5 Å². The Kier molecular flexibility index (Phi) is 4.71. The first-order valence-electron chi connectivity index (χ1n) is 9.93. The number of fused-ring (bicyclic) bond motifs is 1. The molecule has 2 unspecified atom stereocenters. The number of anilines is 2. The second-order valence-electron chi connectivity index (χ2n) is 7.58. The van der Waals surface area contributed by atoms with E-state index in [4.69, 9.17) is 4.74 Å². The number of para-hydroxylation sites is 3. The highest BCUT2D eigenvalue weighted by molar-refractivity contribution is 7.10. The quantitative estimate of drug-likeness (QED) is 0.528. The van der Waals surface area contributed by atoms with Gasteiger partial charge in [-0.15, -0.1) is 11.3 Å². The van der Waals surface area contributed by atoms with Crippen molar-refractivity contribution >= 4 is 28.5 Å². The number of hydrogen-bond donors (Lipinski definition) is 3. The first-order valence-corrected chi connectivity index (χ1v) is 10.8. The molecule has 1 aromatic heterocycles. The van der Waals surface area contributed by atoms with Crippen molar-refractivity contribution in [3.05, 3.63) is 81.7 Å². The van der Waals surface area contributed by atoms with Gasteiger partial charge in [0.2, 0.25) is 0 Å². The van der Waals surface area contributed by atoms with E-state index in [0.29, 0.717) is 23.3 Å². The van der Waals surface area contributed by atoms with E-state index < -0.39 is 6.04 Å². The number of allylic oxidation sites excluding steroid dienone is 1. The SMILES string of the molecule is COc1cccc(C2Nc3ccccc3NC3=C2C(=O)CC(c2cccs2)C3)c1O. The molecule has 0 saturated heterocycles. The average Bonchev–Trinajstić information content (AvgIpc) is 3.23. The maximum atomic E-state index is 13.4. The van der Waals surface area contributed by atoms with Crippen LogP contribution < -0.4 is 15.4 Å². The molecular weight excluding hydrogens is 396 g/mol. The van der Waals surface area contributed by atoms with E-state index in [1.165, 1.54) is 12.0 Å². The minimum atomic E-state index is -0.469. The lowest BCUT2D eigenvalue weighted by Gasteiger charge is -2.29. The Morgan fingerprint density at radius 3 is 2.63 bits per heavy atom. The number of methoxy groups -OCH3 is 1. The minimum Gasteiger partial charge on any atom is -0.504 e. The molecular formula is C24H22N2O3S. The van der Waals surface area contributed by atoms with Crippen LogP contribution in [0, 0.1) is 0 Å². The third kappa shape index (κ3) is 3.13. The standard InChI is InChI=1S/C24H22N2O3S/c1-29-20-9-4-6-15(24(20)28)23-22-18(25-16-7-2-3-8-17(16)26-23)12-14(13-19(22)27)21-10-5-11-30-21/h2-11,14,23,25-26,28H,12-13H2,1H3. The molecule has 0 fully saturated rings. The first-order chi connectivity index (χ1) is 14.7. The summed E-state index contributed by atoms with van der Waals surface area (Å²) >= 11 is 1.69. The van der Waals surface area contributed by atoms with Crippen molar-refractivity contribution in [3.8, 4) is 11.5 Å². The molecule has 2 aliphatic rings. The normalized spacial score (nSPS) is 20.5. The van der Waals surface area contributed by atoms with Crippen LogP contribution in [-0.2, 0) is 4.79 Å². The van der Waals surface area contributed by atoms with Crippen LogP contribution in [0.2, 0.25) is 0 Å². The van der Waals surface area contributed by atoms with Crippen LogP contribution in [-0.4, -0.2) is 18.0 Å². The fourth-order valence-corrected chi connectivity index (χ4v) is 5.22. The summed E-state index contributed by atoms with van der Waals surface area (Å²) in [5.41, 5.74) is 4.04. The molecule has 0 amide bonds. The smallest absolute Gasteiger partial charge is 0.163 e. The van der Waals surface area contributed by atoms with Crippen LogP contribution in [0.5, 0.6) is 11.5 Å². The van der Waals surface area contributed by atoms with Gasteiger partial charge in [0, 0.05) is 34.0 Å². The number of ether oxygens (including phenoxy) is 1. The number of phenols is 1. The second kappa shape index (κ2) is 7.54. The number of nitrogens with one attached hydrogen (secondary N) is 2. The predicted octanol–water partition coefficient (Wildman–Crippen LogP) is 5.44. The Bertz CT molecular complexity index is 1140. The zero-order valence-electron chi connectivity index (χ0n) is 16.5. The average molecular weight is 419 g/mol. The summed E-state index contributed by atoms with van der Waals surface area (Å²) < 4.78 is 5.31. The minimum absolute atomic E-state index is 0.0527. The van der Waals surface area contributed by atoms with Crippen LogP contribution >= 0.6 is 11.3 Å². The molecule has 2 aromatic carbocycles. The molecule has 2 atom stereocenters. The number of aromatic hydroxyl groups is 1. The van der Waals surface area contributed by atoms with Gasteiger partial charge in [-0.05, 0) is 36.1 Å². The summed E-state index contributed by atoms with van der Waals surface area (Å²) in [7, 11) is 1.53. The van der Waals surface area contributed by atoms with E-state index in [9.17, 15) is 9.90 Å². The van der Waals surface area contributed by atoms with Crippen molar-refractivity contribution in [1.82, 2.24) is 0 Å². The summed E-state index contributed by atoms with van der Waals surface area (Å²) in [4.78, 5) is 14.7. The van der Waals surface area contributed by atoms with E-state index >= 15 is 0 Å². The highest BCUT2D eigenvalue weighted by Gasteiger charge is 2.37. The van der Waals surface area contributed by atoms with Gasteiger partial charge in [0.15, 0.2) is 17.3 Å². The van der Waals surface area contributed by atoms with Crippen molar-refractivity contribution in [3.63, 3.8) is 0 Å². The summed E-state index contributed by atoms with van der Waals surface area (Å²) in [6.07, 6.45) is 1.21. The van der Waals surface area contributed by atoms with Gasteiger partial charge in [-0.2, -0.15) is 0 Å². The third-order valence-corrected chi connectivity index (χ3v) is 6.85. The van der Waals surface area contributed by atoms with E-state index in [1.807, 2.05) is 42.5 Å². The molecule has 3 aromatic rings. The molecule has 5 nitrogen and oxygen atoms in total. The van der Waals surface area contributed by atoms with Crippen LogP contribution in [0.25, 0.3) is 0 Å². The predicted molar refractivity (Wildman–Crippen MR) is 119 cm³/mol. The highest BCUT2D eigenvalue weighted by atomic mass is 32.1. The summed E-state index contributed by atoms with van der Waals surface area (Å²) in [6.45, 7) is 0. The zero-order valence-corrected chi connectivity index (χ0v) is 17.3. The van der Waals surface area contributed by atoms with E-state index in [-0.39, 0.29) is 17.5 Å². The van der Waals surface area contributed by atoms with Gasteiger partial charge in [-0.1, -0.05) is 30.3 Å². The number of phenolic OH excluding ortho intramolecular Hbond substituents is 1. The lowest BCUT2D eigenvalue weighted by atomic mass is 9.80. The molecule has 0 radical (unpaired) electrons. The fraction of sp³-hybridized carbons (Fsp3) is 0.208. The van der Waals surface area contributed by atoms with Crippen LogP contribution in [0.1, 0.15) is 35.2 Å². The number of Topliss-reactive ketones (excluding diaryl/α,β-unsaturated/α-hetero) is 1. The van der Waals surface area contributed by atoms with E-state index in [2.05, 4.69) is 22.1 Å². The molecule has 152 valence electrons. The van der Waals surface area contributed by atoms with Crippen molar-refractivity contribution in [2.45, 2.75) is 24.8 Å². The van der Waals surface area contributed by atoms with Crippen molar-refractivity contribution < 1.29 is 14.6 Å². The Morgan fingerprint density at radius 2 is 1.87 bits per heavy atom. The van der Waals surface area contributed by atoms with E-state index in [1.54, 1.807) is 17.4 Å². The van der Waals surface area contributed by atoms with Crippen molar-refractivity contribution in [2.24, 2.45) is 0 Å². The van der Waals surface area contributed by atoms with Gasteiger partial charge in [-0.25, -0.2) is 0 Å². The number of benzene rings is 2. The first kappa shape index (κ1) is 18.8. The maximum Gasteiger partial charge on any atom is 0.163 e. The summed E-state index contributed by atoms with van der Waals surface area (Å²) in [5.74, 6) is 0.696. The van der Waals surface area contributed by atoms with E-state index in [0.717, 1.165) is 23.5 Å². The molecule has 5 rings (SSSR count). The Labute approximate surface area is 179 Å². The number of hydrogen-bond acceptors (Lipinski definition) is 6. The Balaban J connectivity index is 1.66. The highest BCUT2D eigenvalue weighted by Crippen LogP contribution is 2.47. The molecule has 0 bridgehead atoms. The van der Waals surface area contributed by atoms with Gasteiger partial charge in [0.25, 0.3) is 0 Å². The summed E-state index contributed by atoms with van der Waals surface area (Å²) in [5, 5.41) is 19.9. The topological polar surface area (TPSA) is 70.6 Å². The number of carbonyl (C=O) groups excluding carboxylic acids is 1. The van der Waals surface area contributed by atoms with Crippen molar-refractivity contribution in [1.29, 1.82) is 0 Å². The van der Waals surface area contributed by atoms with Crippen LogP contribution in [0.15, 0.2) is 71.2 Å². The maximum absolute atomic E-state index is 13.4.